The van der Waals surface area contributed by atoms with Gasteiger partial charge in [-0.1, -0.05) is 25.4 Å². The van der Waals surface area contributed by atoms with E-state index < -0.39 is 17.6 Å². The SMILES string of the molecule is CC(O)C(=O)N1CCC(C(C)(C)C(O)c2cc(Cl)cc3cn[nH]c23)CC1. The van der Waals surface area contributed by atoms with Crippen molar-refractivity contribution >= 4 is 28.4 Å². The van der Waals surface area contributed by atoms with Crippen LogP contribution in [0, 0.1) is 11.3 Å². The Hall–Kier alpha value is -1.63. The first-order chi connectivity index (χ1) is 12.2. The molecule has 7 heteroatoms. The summed E-state index contributed by atoms with van der Waals surface area (Å²) in [7, 11) is 0. The molecule has 0 spiro atoms. The lowest BCUT2D eigenvalue weighted by Crippen LogP contribution is -2.46. The molecule has 2 atom stereocenters. The van der Waals surface area contributed by atoms with Gasteiger partial charge < -0.3 is 15.1 Å². The van der Waals surface area contributed by atoms with Crippen LogP contribution in [0.3, 0.4) is 0 Å². The Bertz CT molecular complexity index is 794. The minimum absolute atomic E-state index is 0.226. The molecule has 1 saturated heterocycles. The molecule has 26 heavy (non-hydrogen) atoms. The number of carbonyl (C=O) groups excluding carboxylic acids is 1. The molecule has 0 bridgehead atoms. The van der Waals surface area contributed by atoms with E-state index in [4.69, 9.17) is 11.6 Å². The number of nitrogens with one attached hydrogen (secondary N) is 1. The summed E-state index contributed by atoms with van der Waals surface area (Å²) < 4.78 is 0. The normalized spacial score (nSPS) is 18.9. The summed E-state index contributed by atoms with van der Waals surface area (Å²) in [6, 6.07) is 3.62. The number of hydrogen-bond acceptors (Lipinski definition) is 4. The molecule has 2 unspecified atom stereocenters. The molecule has 1 fully saturated rings. The Labute approximate surface area is 158 Å². The number of aliphatic hydroxyl groups is 2. The fourth-order valence-electron chi connectivity index (χ4n) is 3.99. The van der Waals surface area contributed by atoms with Crippen molar-refractivity contribution in [3.05, 3.63) is 28.9 Å². The van der Waals surface area contributed by atoms with Gasteiger partial charge in [0.1, 0.15) is 6.10 Å². The Balaban J connectivity index is 1.79. The van der Waals surface area contributed by atoms with E-state index in [9.17, 15) is 15.0 Å². The van der Waals surface area contributed by atoms with Gasteiger partial charge in [0.25, 0.3) is 5.91 Å². The first-order valence-electron chi connectivity index (χ1n) is 8.99. The first-order valence-corrected chi connectivity index (χ1v) is 9.37. The number of nitrogens with zero attached hydrogens (tertiary/aromatic N) is 2. The molecule has 3 N–H and O–H groups in total. The number of fused-ring (bicyclic) bond motifs is 1. The second-order valence-corrected chi connectivity index (χ2v) is 8.27. The lowest BCUT2D eigenvalue weighted by atomic mass is 9.68. The van der Waals surface area contributed by atoms with Crippen molar-refractivity contribution in [3.8, 4) is 0 Å². The summed E-state index contributed by atoms with van der Waals surface area (Å²) in [4.78, 5) is 13.7. The Morgan fingerprint density at radius 3 is 2.62 bits per heavy atom. The molecule has 1 aromatic carbocycles. The van der Waals surface area contributed by atoms with Crippen molar-refractivity contribution in [3.63, 3.8) is 0 Å². The van der Waals surface area contributed by atoms with Gasteiger partial charge in [-0.25, -0.2) is 0 Å². The van der Waals surface area contributed by atoms with Crippen molar-refractivity contribution in [1.29, 1.82) is 0 Å². The zero-order valence-electron chi connectivity index (χ0n) is 15.4. The van der Waals surface area contributed by atoms with Crippen molar-refractivity contribution in [2.24, 2.45) is 11.3 Å². The summed E-state index contributed by atoms with van der Waals surface area (Å²) in [5, 5.41) is 29.1. The molecular formula is C19H26ClN3O3. The molecule has 2 heterocycles. The van der Waals surface area contributed by atoms with Gasteiger partial charge in [0.05, 0.1) is 17.8 Å². The summed E-state index contributed by atoms with van der Waals surface area (Å²) in [5.74, 6) is 0.0170. The number of H-pyrrole nitrogens is 1. The maximum absolute atomic E-state index is 12.0. The number of amides is 1. The van der Waals surface area contributed by atoms with Crippen LogP contribution in [0.1, 0.15) is 45.3 Å². The number of rotatable bonds is 4. The quantitative estimate of drug-likeness (QED) is 0.762. The first kappa shape index (κ1) is 19.1. The van der Waals surface area contributed by atoms with Crippen molar-refractivity contribution in [2.45, 2.75) is 45.8 Å². The fourth-order valence-corrected chi connectivity index (χ4v) is 4.23. The van der Waals surface area contributed by atoms with E-state index in [0.717, 1.165) is 29.3 Å². The molecule has 1 amide bonds. The van der Waals surface area contributed by atoms with Crippen LogP contribution in [-0.2, 0) is 4.79 Å². The standard InChI is InChI=1S/C19H26ClN3O3/c1-11(24)18(26)23-6-4-13(5-7-23)19(2,3)17(25)15-9-14(20)8-12-10-21-22-16(12)15/h8-11,13,17,24-25H,4-7H2,1-3H3,(H,21,22). The molecule has 0 saturated carbocycles. The highest BCUT2D eigenvalue weighted by Crippen LogP contribution is 2.46. The van der Waals surface area contributed by atoms with Gasteiger partial charge in [-0.15, -0.1) is 0 Å². The summed E-state index contributed by atoms with van der Waals surface area (Å²) in [5.41, 5.74) is 1.15. The molecule has 1 aromatic heterocycles. The average molecular weight is 380 g/mol. The van der Waals surface area contributed by atoms with E-state index in [2.05, 4.69) is 24.0 Å². The van der Waals surface area contributed by atoms with Crippen LogP contribution in [0.5, 0.6) is 0 Å². The summed E-state index contributed by atoms with van der Waals surface area (Å²) in [6.45, 7) is 6.80. The topological polar surface area (TPSA) is 89.4 Å². The largest absolute Gasteiger partial charge is 0.388 e. The molecule has 2 aromatic rings. The highest BCUT2D eigenvalue weighted by molar-refractivity contribution is 6.31. The van der Waals surface area contributed by atoms with Gasteiger partial charge in [-0.3, -0.25) is 9.89 Å². The fraction of sp³-hybridized carbons (Fsp3) is 0.579. The van der Waals surface area contributed by atoms with Gasteiger partial charge in [0, 0.05) is 29.1 Å². The minimum atomic E-state index is -0.967. The number of halogens is 1. The number of aromatic amines is 1. The van der Waals surface area contributed by atoms with Gasteiger partial charge in [-0.2, -0.15) is 5.10 Å². The lowest BCUT2D eigenvalue weighted by molar-refractivity contribution is -0.141. The predicted molar refractivity (Wildman–Crippen MR) is 101 cm³/mol. The molecule has 3 rings (SSSR count). The van der Waals surface area contributed by atoms with Crippen LogP contribution in [0.2, 0.25) is 5.02 Å². The number of piperidine rings is 1. The Morgan fingerprint density at radius 1 is 1.35 bits per heavy atom. The lowest BCUT2D eigenvalue weighted by Gasteiger charge is -2.43. The van der Waals surface area contributed by atoms with Crippen molar-refractivity contribution < 1.29 is 15.0 Å². The van der Waals surface area contributed by atoms with Crippen LogP contribution >= 0.6 is 11.6 Å². The maximum Gasteiger partial charge on any atom is 0.251 e. The highest BCUT2D eigenvalue weighted by atomic mass is 35.5. The number of benzene rings is 1. The number of aromatic nitrogens is 2. The van der Waals surface area contributed by atoms with E-state index >= 15 is 0 Å². The zero-order chi connectivity index (χ0) is 19.1. The third-order valence-electron chi connectivity index (χ3n) is 5.76. The average Bonchev–Trinajstić information content (AvgIpc) is 3.07. The van der Waals surface area contributed by atoms with Crippen LogP contribution in [0.4, 0.5) is 0 Å². The van der Waals surface area contributed by atoms with Crippen LogP contribution in [0.25, 0.3) is 10.9 Å². The highest BCUT2D eigenvalue weighted by Gasteiger charge is 2.40. The third-order valence-corrected chi connectivity index (χ3v) is 5.98. The number of likely N-dealkylation sites (tertiary alicyclic amines) is 1. The second kappa shape index (κ2) is 7.18. The second-order valence-electron chi connectivity index (χ2n) is 7.83. The summed E-state index contributed by atoms with van der Waals surface area (Å²) in [6.07, 6.45) is 1.59. The Morgan fingerprint density at radius 2 is 2.00 bits per heavy atom. The third kappa shape index (κ3) is 3.46. The van der Waals surface area contributed by atoms with E-state index in [1.807, 2.05) is 6.07 Å². The molecule has 1 aliphatic rings. The van der Waals surface area contributed by atoms with E-state index in [1.54, 1.807) is 17.2 Å². The minimum Gasteiger partial charge on any atom is -0.388 e. The molecule has 6 nitrogen and oxygen atoms in total. The van der Waals surface area contributed by atoms with Crippen LogP contribution < -0.4 is 0 Å². The monoisotopic (exact) mass is 379 g/mol. The van der Waals surface area contributed by atoms with Crippen molar-refractivity contribution in [1.82, 2.24) is 15.1 Å². The van der Waals surface area contributed by atoms with E-state index in [0.29, 0.717) is 18.1 Å². The predicted octanol–water partition coefficient (Wildman–Crippen LogP) is 2.90. The molecular weight excluding hydrogens is 354 g/mol. The number of carbonyl (C=O) groups is 1. The van der Waals surface area contributed by atoms with Gasteiger partial charge in [0.15, 0.2) is 0 Å². The van der Waals surface area contributed by atoms with E-state index in [-0.39, 0.29) is 11.8 Å². The number of aliphatic hydroxyl groups excluding tert-OH is 2. The zero-order valence-corrected chi connectivity index (χ0v) is 16.1. The van der Waals surface area contributed by atoms with E-state index in [1.165, 1.54) is 6.92 Å². The van der Waals surface area contributed by atoms with Gasteiger partial charge in [0.2, 0.25) is 0 Å². The van der Waals surface area contributed by atoms with Crippen LogP contribution in [-0.4, -0.2) is 50.4 Å². The van der Waals surface area contributed by atoms with Crippen molar-refractivity contribution in [2.75, 3.05) is 13.1 Å². The molecule has 142 valence electrons. The molecule has 0 aliphatic carbocycles. The maximum atomic E-state index is 12.0. The number of hydrogen-bond donors (Lipinski definition) is 3. The van der Waals surface area contributed by atoms with Gasteiger partial charge >= 0.3 is 0 Å². The summed E-state index contributed by atoms with van der Waals surface area (Å²) >= 11 is 6.22. The van der Waals surface area contributed by atoms with Crippen LogP contribution in [0.15, 0.2) is 18.3 Å². The molecule has 1 aliphatic heterocycles. The molecule has 0 radical (unpaired) electrons. The van der Waals surface area contributed by atoms with Gasteiger partial charge in [-0.05, 0) is 43.2 Å². The Kier molecular flexibility index (Phi) is 5.28. The smallest absolute Gasteiger partial charge is 0.251 e.